The number of ether oxygens (including phenoxy) is 1. The molecule has 0 aliphatic carbocycles. The van der Waals surface area contributed by atoms with E-state index in [1.165, 1.54) is 0 Å². The second-order valence-corrected chi connectivity index (χ2v) is 4.61. The zero-order valence-corrected chi connectivity index (χ0v) is 11.3. The molecule has 5 heteroatoms. The molecule has 0 aromatic heterocycles. The van der Waals surface area contributed by atoms with Gasteiger partial charge in [0.25, 0.3) is 0 Å². The highest BCUT2D eigenvalue weighted by atomic mass is 16.5. The molecule has 1 amide bonds. The summed E-state index contributed by atoms with van der Waals surface area (Å²) in [5.74, 6) is -0.828. The lowest BCUT2D eigenvalue weighted by molar-refractivity contribution is -0.142. The smallest absolute Gasteiger partial charge is 0.326 e. The maximum absolute atomic E-state index is 11.6. The van der Waals surface area contributed by atoms with Crippen molar-refractivity contribution in [2.24, 2.45) is 5.92 Å². The highest BCUT2D eigenvalue weighted by Crippen LogP contribution is 2.13. The van der Waals surface area contributed by atoms with Gasteiger partial charge < -0.3 is 15.2 Å². The molecule has 2 N–H and O–H groups in total. The Bertz CT molecular complexity index is 439. The number of carboxylic acid groups (broad SMARTS) is 1. The molecule has 0 saturated heterocycles. The fourth-order valence-corrected chi connectivity index (χ4v) is 1.54. The molecule has 0 aliphatic rings. The zero-order chi connectivity index (χ0) is 14.4. The van der Waals surface area contributed by atoms with E-state index >= 15 is 0 Å². The van der Waals surface area contributed by atoms with Crippen molar-refractivity contribution in [2.75, 3.05) is 7.11 Å². The number of methoxy groups -OCH3 is 1. The van der Waals surface area contributed by atoms with Crippen molar-refractivity contribution in [3.63, 3.8) is 0 Å². The van der Waals surface area contributed by atoms with Crippen LogP contribution in [-0.2, 0) is 16.0 Å². The van der Waals surface area contributed by atoms with Crippen LogP contribution in [0.4, 0.5) is 0 Å². The monoisotopic (exact) mass is 265 g/mol. The summed E-state index contributed by atoms with van der Waals surface area (Å²) < 4.78 is 5.03. The van der Waals surface area contributed by atoms with Crippen LogP contribution in [0.3, 0.4) is 0 Å². The van der Waals surface area contributed by atoms with Crippen molar-refractivity contribution in [1.29, 1.82) is 0 Å². The first-order valence-corrected chi connectivity index (χ1v) is 6.10. The van der Waals surface area contributed by atoms with Crippen LogP contribution in [0.15, 0.2) is 24.3 Å². The van der Waals surface area contributed by atoms with Gasteiger partial charge in [-0.3, -0.25) is 4.79 Å². The van der Waals surface area contributed by atoms with Crippen LogP contribution >= 0.6 is 0 Å². The summed E-state index contributed by atoms with van der Waals surface area (Å²) in [5, 5.41) is 11.6. The van der Waals surface area contributed by atoms with Gasteiger partial charge in [0.1, 0.15) is 11.8 Å². The van der Waals surface area contributed by atoms with Crippen molar-refractivity contribution >= 4 is 11.9 Å². The zero-order valence-electron chi connectivity index (χ0n) is 11.3. The molecule has 19 heavy (non-hydrogen) atoms. The van der Waals surface area contributed by atoms with Gasteiger partial charge in [-0.05, 0) is 17.7 Å². The van der Waals surface area contributed by atoms with Crippen molar-refractivity contribution in [3.05, 3.63) is 29.8 Å². The van der Waals surface area contributed by atoms with Crippen LogP contribution in [0.25, 0.3) is 0 Å². The Kier molecular flexibility index (Phi) is 5.36. The summed E-state index contributed by atoms with van der Waals surface area (Å²) >= 11 is 0. The van der Waals surface area contributed by atoms with Crippen LogP contribution in [0.5, 0.6) is 5.75 Å². The van der Waals surface area contributed by atoms with Gasteiger partial charge in [-0.1, -0.05) is 26.0 Å². The van der Waals surface area contributed by atoms with E-state index < -0.39 is 12.0 Å². The highest BCUT2D eigenvalue weighted by molar-refractivity contribution is 5.84. The summed E-state index contributed by atoms with van der Waals surface area (Å²) in [6.07, 6.45) is 0.248. The molecule has 0 heterocycles. The van der Waals surface area contributed by atoms with Gasteiger partial charge >= 0.3 is 5.97 Å². The SMILES string of the molecule is COc1ccc(C[C@H](NC(=O)C(C)C)C(=O)O)cc1. The number of aliphatic carboxylic acids is 1. The minimum absolute atomic E-state index is 0.238. The van der Waals surface area contributed by atoms with E-state index in [0.717, 1.165) is 5.56 Å². The number of benzene rings is 1. The van der Waals surface area contributed by atoms with Gasteiger partial charge in [-0.2, -0.15) is 0 Å². The predicted molar refractivity (Wildman–Crippen MR) is 71.1 cm³/mol. The molecule has 5 nitrogen and oxygen atoms in total. The van der Waals surface area contributed by atoms with E-state index in [1.807, 2.05) is 0 Å². The third-order valence-electron chi connectivity index (χ3n) is 2.74. The maximum Gasteiger partial charge on any atom is 0.326 e. The summed E-state index contributed by atoms with van der Waals surface area (Å²) in [6, 6.07) is 6.19. The molecule has 1 aromatic carbocycles. The lowest BCUT2D eigenvalue weighted by atomic mass is 10.0. The minimum atomic E-state index is -1.04. The Morgan fingerprint density at radius 1 is 1.26 bits per heavy atom. The minimum Gasteiger partial charge on any atom is -0.497 e. The molecule has 0 spiro atoms. The molecule has 0 aliphatic heterocycles. The molecular formula is C14H19NO4. The number of carbonyl (C=O) groups is 2. The highest BCUT2D eigenvalue weighted by Gasteiger charge is 2.21. The lowest BCUT2D eigenvalue weighted by Crippen LogP contribution is -2.44. The van der Waals surface area contributed by atoms with Crippen LogP contribution in [-0.4, -0.2) is 30.1 Å². The molecule has 1 atom stereocenters. The Morgan fingerprint density at radius 3 is 2.26 bits per heavy atom. The van der Waals surface area contributed by atoms with E-state index in [4.69, 9.17) is 9.84 Å². The summed E-state index contributed by atoms with van der Waals surface area (Å²) in [4.78, 5) is 22.7. The first-order valence-electron chi connectivity index (χ1n) is 6.10. The molecule has 0 unspecified atom stereocenters. The number of nitrogens with one attached hydrogen (secondary N) is 1. The fourth-order valence-electron chi connectivity index (χ4n) is 1.54. The molecule has 0 bridgehead atoms. The molecule has 0 fully saturated rings. The molecule has 0 saturated carbocycles. The largest absolute Gasteiger partial charge is 0.497 e. The van der Waals surface area contributed by atoms with Crippen molar-refractivity contribution in [2.45, 2.75) is 26.3 Å². The second kappa shape index (κ2) is 6.78. The third-order valence-corrected chi connectivity index (χ3v) is 2.74. The molecule has 1 rings (SSSR count). The van der Waals surface area contributed by atoms with E-state index in [0.29, 0.717) is 5.75 Å². The molecular weight excluding hydrogens is 246 g/mol. The van der Waals surface area contributed by atoms with Gasteiger partial charge in [0.05, 0.1) is 7.11 Å². The number of carboxylic acids is 1. The normalized spacial score (nSPS) is 12.0. The van der Waals surface area contributed by atoms with Crippen LogP contribution in [0.2, 0.25) is 0 Å². The number of hydrogen-bond donors (Lipinski definition) is 2. The van der Waals surface area contributed by atoms with Gasteiger partial charge in [0.2, 0.25) is 5.91 Å². The van der Waals surface area contributed by atoms with Crippen molar-refractivity contribution in [3.8, 4) is 5.75 Å². The van der Waals surface area contributed by atoms with Crippen LogP contribution < -0.4 is 10.1 Å². The predicted octanol–water partition coefficient (Wildman–Crippen LogP) is 1.46. The van der Waals surface area contributed by atoms with Gasteiger partial charge in [0.15, 0.2) is 0 Å². The second-order valence-electron chi connectivity index (χ2n) is 4.61. The lowest BCUT2D eigenvalue weighted by Gasteiger charge is -2.16. The molecule has 104 valence electrons. The Hall–Kier alpha value is -2.04. The van der Waals surface area contributed by atoms with E-state index in [9.17, 15) is 9.59 Å². The van der Waals surface area contributed by atoms with Gasteiger partial charge in [0, 0.05) is 12.3 Å². The summed E-state index contributed by atoms with van der Waals surface area (Å²) in [6.45, 7) is 3.45. The number of hydrogen-bond acceptors (Lipinski definition) is 3. The number of carbonyl (C=O) groups excluding carboxylic acids is 1. The van der Waals surface area contributed by atoms with Crippen LogP contribution in [0, 0.1) is 5.92 Å². The van der Waals surface area contributed by atoms with Gasteiger partial charge in [-0.15, -0.1) is 0 Å². The van der Waals surface area contributed by atoms with E-state index in [2.05, 4.69) is 5.32 Å². The first kappa shape index (κ1) is 15.0. The Balaban J connectivity index is 2.72. The van der Waals surface area contributed by atoms with E-state index in [-0.39, 0.29) is 18.2 Å². The molecule has 0 radical (unpaired) electrons. The fraction of sp³-hybridized carbons (Fsp3) is 0.429. The van der Waals surface area contributed by atoms with E-state index in [1.54, 1.807) is 45.2 Å². The number of amides is 1. The van der Waals surface area contributed by atoms with Crippen molar-refractivity contribution in [1.82, 2.24) is 5.32 Å². The topological polar surface area (TPSA) is 75.6 Å². The average Bonchev–Trinajstić information content (AvgIpc) is 2.38. The Labute approximate surface area is 112 Å². The van der Waals surface area contributed by atoms with Crippen LogP contribution in [0.1, 0.15) is 19.4 Å². The standard InChI is InChI=1S/C14H19NO4/c1-9(2)13(16)15-12(14(17)18)8-10-4-6-11(19-3)7-5-10/h4-7,9,12H,8H2,1-3H3,(H,15,16)(H,17,18)/t12-/m0/s1. The molecule has 1 aromatic rings. The summed E-state index contributed by atoms with van der Waals surface area (Å²) in [7, 11) is 1.57. The third kappa shape index (κ3) is 4.62. The number of rotatable bonds is 6. The Morgan fingerprint density at radius 2 is 1.84 bits per heavy atom. The van der Waals surface area contributed by atoms with Crippen molar-refractivity contribution < 1.29 is 19.4 Å². The average molecular weight is 265 g/mol. The quantitative estimate of drug-likeness (QED) is 0.816. The first-order chi connectivity index (χ1) is 8.93. The maximum atomic E-state index is 11.6. The summed E-state index contributed by atoms with van der Waals surface area (Å²) in [5.41, 5.74) is 0.831. The van der Waals surface area contributed by atoms with Gasteiger partial charge in [-0.25, -0.2) is 4.79 Å².